The lowest BCUT2D eigenvalue weighted by molar-refractivity contribution is -0.384. The molecule has 0 radical (unpaired) electrons. The molecule has 10 heteroatoms. The average molecular weight is 471 g/mol. The normalized spacial score (nSPS) is 18.2. The quantitative estimate of drug-likeness (QED) is 0.431. The first-order valence-corrected chi connectivity index (χ1v) is 11.6. The number of amides is 2. The number of furan rings is 1. The molecule has 1 aromatic carbocycles. The van der Waals surface area contributed by atoms with E-state index < -0.39 is 4.92 Å². The van der Waals surface area contributed by atoms with E-state index in [0.717, 1.165) is 18.5 Å². The van der Waals surface area contributed by atoms with Gasteiger partial charge in [-0.05, 0) is 38.0 Å². The Morgan fingerprint density at radius 2 is 1.88 bits per heavy atom. The predicted molar refractivity (Wildman–Crippen MR) is 125 cm³/mol. The smallest absolute Gasteiger partial charge is 0.269 e. The van der Waals surface area contributed by atoms with Gasteiger partial charge in [-0.3, -0.25) is 19.7 Å². The van der Waals surface area contributed by atoms with E-state index in [9.17, 15) is 19.7 Å². The molecule has 2 aliphatic rings. The number of carbonyl (C=O) groups excluding carboxylic acids is 2. The van der Waals surface area contributed by atoms with Crippen LogP contribution in [0.25, 0.3) is 0 Å². The number of anilines is 1. The zero-order valence-corrected chi connectivity index (χ0v) is 19.4. The summed E-state index contributed by atoms with van der Waals surface area (Å²) in [7, 11) is 0. The number of non-ortho nitro benzene ring substituents is 1. The molecule has 1 atom stereocenters. The van der Waals surface area contributed by atoms with Crippen LogP contribution in [0, 0.1) is 17.0 Å². The number of piperazine rings is 1. The minimum atomic E-state index is -0.416. The first-order chi connectivity index (χ1) is 16.4. The van der Waals surface area contributed by atoms with Gasteiger partial charge in [0.2, 0.25) is 5.91 Å². The van der Waals surface area contributed by atoms with Gasteiger partial charge in [0.25, 0.3) is 11.6 Å². The minimum Gasteiger partial charge on any atom is -0.469 e. The highest BCUT2D eigenvalue weighted by Crippen LogP contribution is 2.21. The van der Waals surface area contributed by atoms with E-state index in [0.29, 0.717) is 57.2 Å². The molecule has 1 aromatic heterocycles. The van der Waals surface area contributed by atoms with E-state index in [1.807, 2.05) is 4.90 Å². The van der Waals surface area contributed by atoms with Gasteiger partial charge in [0.05, 0.1) is 22.9 Å². The molecule has 182 valence electrons. The second kappa shape index (κ2) is 10.7. The molecule has 3 heterocycles. The summed E-state index contributed by atoms with van der Waals surface area (Å²) < 4.78 is 11.0. The molecule has 10 nitrogen and oxygen atoms in total. The molecule has 0 aliphatic carbocycles. The molecule has 34 heavy (non-hydrogen) atoms. The first-order valence-electron chi connectivity index (χ1n) is 11.6. The Bertz CT molecular complexity index is 1010. The molecule has 0 spiro atoms. The highest BCUT2D eigenvalue weighted by molar-refractivity contribution is 5.95. The molecule has 2 amide bonds. The molecule has 0 bridgehead atoms. The van der Waals surface area contributed by atoms with Gasteiger partial charge < -0.3 is 23.9 Å². The number of nitro benzene ring substituents is 1. The van der Waals surface area contributed by atoms with Gasteiger partial charge in [-0.2, -0.15) is 0 Å². The molecule has 2 saturated heterocycles. The molecular weight excluding hydrogens is 440 g/mol. The van der Waals surface area contributed by atoms with Gasteiger partial charge >= 0.3 is 0 Å². The van der Waals surface area contributed by atoms with Crippen molar-refractivity contribution in [1.82, 2.24) is 9.80 Å². The maximum absolute atomic E-state index is 13.1. The Hall–Kier alpha value is -3.40. The van der Waals surface area contributed by atoms with Crippen molar-refractivity contribution in [3.63, 3.8) is 0 Å². The summed E-state index contributed by atoms with van der Waals surface area (Å²) in [6, 6.07) is 8.13. The summed E-state index contributed by atoms with van der Waals surface area (Å²) in [5.41, 5.74) is 1.48. The number of rotatable bonds is 8. The van der Waals surface area contributed by atoms with Crippen LogP contribution in [0.5, 0.6) is 0 Å². The van der Waals surface area contributed by atoms with Gasteiger partial charge in [0.1, 0.15) is 5.76 Å². The van der Waals surface area contributed by atoms with Gasteiger partial charge in [-0.25, -0.2) is 0 Å². The second-order valence-electron chi connectivity index (χ2n) is 8.67. The first kappa shape index (κ1) is 23.7. The van der Waals surface area contributed by atoms with Gasteiger partial charge in [-0.1, -0.05) is 0 Å². The monoisotopic (exact) mass is 470 g/mol. The van der Waals surface area contributed by atoms with Crippen LogP contribution in [-0.2, 0) is 9.53 Å². The van der Waals surface area contributed by atoms with E-state index in [2.05, 4.69) is 4.90 Å². The molecule has 2 aromatic rings. The fraction of sp³-hybridized carbons (Fsp3) is 0.500. The van der Waals surface area contributed by atoms with Crippen molar-refractivity contribution >= 4 is 23.2 Å². The predicted octanol–water partition coefficient (Wildman–Crippen LogP) is 2.86. The van der Waals surface area contributed by atoms with Crippen LogP contribution < -0.4 is 4.90 Å². The largest absolute Gasteiger partial charge is 0.469 e. The van der Waals surface area contributed by atoms with Crippen LogP contribution in [0.3, 0.4) is 0 Å². The lowest BCUT2D eigenvalue weighted by Gasteiger charge is -2.36. The third-order valence-corrected chi connectivity index (χ3v) is 6.48. The van der Waals surface area contributed by atoms with E-state index in [4.69, 9.17) is 9.15 Å². The number of hydrogen-bond acceptors (Lipinski definition) is 7. The maximum Gasteiger partial charge on any atom is 0.269 e. The summed E-state index contributed by atoms with van der Waals surface area (Å²) >= 11 is 0. The van der Waals surface area contributed by atoms with Crippen molar-refractivity contribution in [2.45, 2.75) is 32.3 Å². The summed E-state index contributed by atoms with van der Waals surface area (Å²) in [6.45, 7) is 5.68. The zero-order chi connectivity index (χ0) is 24.1. The SMILES string of the molecule is Cc1occc1C(=O)N(CCC(=O)N1CCN(c2ccc([N+](=O)[O-])cc2)CC1)CC1CCCO1. The van der Waals surface area contributed by atoms with Gasteiger partial charge in [0.15, 0.2) is 0 Å². The van der Waals surface area contributed by atoms with E-state index in [1.54, 1.807) is 30.0 Å². The summed E-state index contributed by atoms with van der Waals surface area (Å²) in [5, 5.41) is 10.8. The number of nitrogens with zero attached hydrogens (tertiary/aromatic N) is 4. The number of aryl methyl sites for hydroxylation is 1. The molecule has 1 unspecified atom stereocenters. The van der Waals surface area contributed by atoms with Gasteiger partial charge in [0, 0.05) is 70.1 Å². The molecule has 0 N–H and O–H groups in total. The van der Waals surface area contributed by atoms with Crippen LogP contribution in [-0.4, -0.2) is 78.5 Å². The topological polar surface area (TPSA) is 109 Å². The summed E-state index contributed by atoms with van der Waals surface area (Å²) in [6.07, 6.45) is 3.63. The third kappa shape index (κ3) is 5.56. The van der Waals surface area contributed by atoms with Crippen LogP contribution in [0.4, 0.5) is 11.4 Å². The Morgan fingerprint density at radius 3 is 2.47 bits per heavy atom. The standard InChI is InChI=1S/C24H30N4O6/c1-18-22(9-16-33-18)24(30)27(17-21-3-2-15-34-21)10-8-23(29)26-13-11-25(12-14-26)19-4-6-20(7-5-19)28(31)32/h4-7,9,16,21H,2-3,8,10-15,17H2,1H3. The minimum absolute atomic E-state index is 0.00324. The Kier molecular flexibility index (Phi) is 7.46. The fourth-order valence-electron chi connectivity index (χ4n) is 4.47. The third-order valence-electron chi connectivity index (χ3n) is 6.48. The van der Waals surface area contributed by atoms with Crippen molar-refractivity contribution in [2.75, 3.05) is 50.8 Å². The molecule has 0 saturated carbocycles. The Balaban J connectivity index is 1.31. The average Bonchev–Trinajstić information content (AvgIpc) is 3.53. The number of hydrogen-bond donors (Lipinski definition) is 0. The lowest BCUT2D eigenvalue weighted by Crippen LogP contribution is -2.49. The van der Waals surface area contributed by atoms with E-state index in [1.165, 1.54) is 18.4 Å². The van der Waals surface area contributed by atoms with Crippen molar-refractivity contribution in [3.05, 3.63) is 58.0 Å². The van der Waals surface area contributed by atoms with Crippen molar-refractivity contribution in [3.8, 4) is 0 Å². The number of carbonyl (C=O) groups is 2. The lowest BCUT2D eigenvalue weighted by atomic mass is 10.1. The van der Waals surface area contributed by atoms with Crippen LogP contribution in [0.1, 0.15) is 35.4 Å². The van der Waals surface area contributed by atoms with Crippen molar-refractivity contribution < 1.29 is 23.7 Å². The van der Waals surface area contributed by atoms with Crippen LogP contribution >= 0.6 is 0 Å². The van der Waals surface area contributed by atoms with E-state index >= 15 is 0 Å². The van der Waals surface area contributed by atoms with Crippen molar-refractivity contribution in [1.29, 1.82) is 0 Å². The summed E-state index contributed by atoms with van der Waals surface area (Å²) in [5.74, 6) is 0.436. The molecule has 4 rings (SSSR count). The summed E-state index contributed by atoms with van der Waals surface area (Å²) in [4.78, 5) is 42.1. The van der Waals surface area contributed by atoms with Gasteiger partial charge in [-0.15, -0.1) is 0 Å². The highest BCUT2D eigenvalue weighted by atomic mass is 16.6. The van der Waals surface area contributed by atoms with Crippen molar-refractivity contribution in [2.24, 2.45) is 0 Å². The fourth-order valence-corrected chi connectivity index (χ4v) is 4.47. The second-order valence-corrected chi connectivity index (χ2v) is 8.67. The molecule has 2 fully saturated rings. The molecule has 2 aliphatic heterocycles. The van der Waals surface area contributed by atoms with Crippen LogP contribution in [0.15, 0.2) is 41.0 Å². The Labute approximate surface area is 198 Å². The highest BCUT2D eigenvalue weighted by Gasteiger charge is 2.27. The zero-order valence-electron chi connectivity index (χ0n) is 19.4. The number of ether oxygens (including phenoxy) is 1. The van der Waals surface area contributed by atoms with E-state index in [-0.39, 0.29) is 30.0 Å². The van der Waals surface area contributed by atoms with Crippen LogP contribution in [0.2, 0.25) is 0 Å². The number of benzene rings is 1. The maximum atomic E-state index is 13.1. The Morgan fingerprint density at radius 1 is 1.15 bits per heavy atom. The molecular formula is C24H30N4O6. The number of nitro groups is 1.